The van der Waals surface area contributed by atoms with Crippen LogP contribution in [0.3, 0.4) is 0 Å². The number of hydrogen-bond acceptors (Lipinski definition) is 6. The summed E-state index contributed by atoms with van der Waals surface area (Å²) in [5, 5.41) is 20.1. The predicted molar refractivity (Wildman–Crippen MR) is 79.6 cm³/mol. The Kier molecular flexibility index (Phi) is 4.10. The van der Waals surface area contributed by atoms with Crippen molar-refractivity contribution in [3.05, 3.63) is 30.0 Å². The van der Waals surface area contributed by atoms with Crippen LogP contribution in [0.1, 0.15) is 25.4 Å². The van der Waals surface area contributed by atoms with E-state index in [1.165, 1.54) is 0 Å². The van der Waals surface area contributed by atoms with Gasteiger partial charge in [0.2, 0.25) is 0 Å². The summed E-state index contributed by atoms with van der Waals surface area (Å²) < 4.78 is 2.08. The number of aromatic nitrogens is 5. The van der Waals surface area contributed by atoms with Gasteiger partial charge >= 0.3 is 0 Å². The Labute approximate surface area is 124 Å². The third-order valence-electron chi connectivity index (χ3n) is 3.53. The van der Waals surface area contributed by atoms with Crippen LogP contribution >= 0.6 is 0 Å². The van der Waals surface area contributed by atoms with Gasteiger partial charge in [-0.2, -0.15) is 5.10 Å². The highest BCUT2D eigenvalue weighted by Gasteiger charge is 2.18. The average Bonchev–Trinajstić information content (AvgIpc) is 2.95. The van der Waals surface area contributed by atoms with Gasteiger partial charge in [-0.1, -0.05) is 13.8 Å². The fourth-order valence-corrected chi connectivity index (χ4v) is 2.37. The zero-order chi connectivity index (χ0) is 14.7. The van der Waals surface area contributed by atoms with Gasteiger partial charge in [0, 0.05) is 19.6 Å². The third kappa shape index (κ3) is 3.36. The molecule has 1 N–H and O–H groups in total. The quantitative estimate of drug-likeness (QED) is 0.878. The molecule has 0 atom stereocenters. The van der Waals surface area contributed by atoms with Gasteiger partial charge in [0.05, 0.1) is 12.2 Å². The van der Waals surface area contributed by atoms with Crippen LogP contribution in [0.5, 0.6) is 0 Å². The molecule has 0 spiro atoms. The predicted octanol–water partition coefficient (Wildman–Crippen LogP) is 0.834. The van der Waals surface area contributed by atoms with E-state index in [9.17, 15) is 0 Å². The van der Waals surface area contributed by atoms with Gasteiger partial charge in [-0.15, -0.1) is 15.3 Å². The fourth-order valence-electron chi connectivity index (χ4n) is 2.37. The molecule has 2 aromatic heterocycles. The second kappa shape index (κ2) is 6.17. The first-order valence-corrected chi connectivity index (χ1v) is 7.37. The molecule has 0 bridgehead atoms. The van der Waals surface area contributed by atoms with Crippen molar-refractivity contribution in [1.82, 2.24) is 30.3 Å². The standard InChI is InChI=1S/C14H21N7/c1-11(2)7-15-8-12-3-4-13(19-17-12)20-5-6-21-10-16-18-14(21)9-20/h3-4,10-11,15H,5-9H2,1-2H3. The molecule has 0 aromatic carbocycles. The van der Waals surface area contributed by atoms with Gasteiger partial charge in [0.1, 0.15) is 6.33 Å². The lowest BCUT2D eigenvalue weighted by atomic mass is 10.2. The summed E-state index contributed by atoms with van der Waals surface area (Å²) in [6.45, 7) is 8.67. The molecule has 0 saturated carbocycles. The number of nitrogens with one attached hydrogen (secondary N) is 1. The first-order valence-electron chi connectivity index (χ1n) is 7.37. The lowest BCUT2D eigenvalue weighted by molar-refractivity contribution is 0.542. The summed E-state index contributed by atoms with van der Waals surface area (Å²) in [5.74, 6) is 2.52. The highest BCUT2D eigenvalue weighted by molar-refractivity contribution is 5.38. The molecular formula is C14H21N7. The molecule has 7 heteroatoms. The number of anilines is 1. The van der Waals surface area contributed by atoms with Crippen molar-refractivity contribution in [3.8, 4) is 0 Å². The van der Waals surface area contributed by atoms with Crippen LogP contribution in [0.2, 0.25) is 0 Å². The summed E-state index contributed by atoms with van der Waals surface area (Å²) in [7, 11) is 0. The molecule has 0 radical (unpaired) electrons. The average molecular weight is 287 g/mol. The van der Waals surface area contributed by atoms with Gasteiger partial charge in [0.15, 0.2) is 11.6 Å². The molecule has 1 aliphatic rings. The SMILES string of the molecule is CC(C)CNCc1ccc(N2CCn3cnnc3C2)nn1. The zero-order valence-electron chi connectivity index (χ0n) is 12.5. The van der Waals surface area contributed by atoms with Crippen molar-refractivity contribution in [3.63, 3.8) is 0 Å². The molecule has 2 aromatic rings. The summed E-state index contributed by atoms with van der Waals surface area (Å²) in [6, 6.07) is 4.07. The lowest BCUT2D eigenvalue weighted by Crippen LogP contribution is -2.34. The number of hydrogen-bond donors (Lipinski definition) is 1. The summed E-state index contributed by atoms with van der Waals surface area (Å²) in [6.07, 6.45) is 1.78. The molecule has 0 fully saturated rings. The van der Waals surface area contributed by atoms with Gasteiger partial charge in [-0.3, -0.25) is 0 Å². The van der Waals surface area contributed by atoms with E-state index in [4.69, 9.17) is 0 Å². The Morgan fingerprint density at radius 1 is 1.19 bits per heavy atom. The molecule has 3 heterocycles. The smallest absolute Gasteiger partial charge is 0.152 e. The molecule has 1 aliphatic heterocycles. The van der Waals surface area contributed by atoms with Crippen LogP contribution in [0, 0.1) is 5.92 Å². The number of fused-ring (bicyclic) bond motifs is 1. The number of nitrogens with zero attached hydrogens (tertiary/aromatic N) is 6. The van der Waals surface area contributed by atoms with Crippen LogP contribution in [0.25, 0.3) is 0 Å². The van der Waals surface area contributed by atoms with Crippen molar-refractivity contribution in [2.45, 2.75) is 33.5 Å². The van der Waals surface area contributed by atoms with Crippen molar-refractivity contribution < 1.29 is 0 Å². The van der Waals surface area contributed by atoms with Gasteiger partial charge in [-0.05, 0) is 24.6 Å². The molecule has 0 amide bonds. The van der Waals surface area contributed by atoms with Gasteiger partial charge in [-0.25, -0.2) is 0 Å². The Bertz CT molecular complexity index is 575. The van der Waals surface area contributed by atoms with E-state index in [2.05, 4.69) is 49.0 Å². The zero-order valence-corrected chi connectivity index (χ0v) is 12.5. The molecule has 7 nitrogen and oxygen atoms in total. The maximum atomic E-state index is 4.34. The first kappa shape index (κ1) is 13.9. The minimum Gasteiger partial charge on any atom is -0.346 e. The molecule has 21 heavy (non-hydrogen) atoms. The first-order chi connectivity index (χ1) is 10.2. The minimum absolute atomic E-state index is 0.642. The van der Waals surface area contributed by atoms with E-state index in [0.717, 1.165) is 50.1 Å². The minimum atomic E-state index is 0.642. The molecule has 0 unspecified atom stereocenters. The third-order valence-corrected chi connectivity index (χ3v) is 3.53. The Balaban J connectivity index is 1.60. The normalized spacial score (nSPS) is 14.5. The number of rotatable bonds is 5. The van der Waals surface area contributed by atoms with Crippen LogP contribution in [0.15, 0.2) is 18.5 Å². The second-order valence-electron chi connectivity index (χ2n) is 5.77. The Hall–Kier alpha value is -2.02. The van der Waals surface area contributed by atoms with Gasteiger partial charge in [0.25, 0.3) is 0 Å². The summed E-state index contributed by atoms with van der Waals surface area (Å²) >= 11 is 0. The van der Waals surface area contributed by atoms with Crippen molar-refractivity contribution in [2.24, 2.45) is 5.92 Å². The molecule has 3 rings (SSSR count). The topological polar surface area (TPSA) is 71.8 Å². The van der Waals surface area contributed by atoms with Crippen molar-refractivity contribution >= 4 is 5.82 Å². The van der Waals surface area contributed by atoms with E-state index < -0.39 is 0 Å². The molecular weight excluding hydrogens is 266 g/mol. The second-order valence-corrected chi connectivity index (χ2v) is 5.77. The Morgan fingerprint density at radius 2 is 2.10 bits per heavy atom. The Morgan fingerprint density at radius 3 is 2.86 bits per heavy atom. The van der Waals surface area contributed by atoms with Crippen LogP contribution < -0.4 is 10.2 Å². The van der Waals surface area contributed by atoms with Crippen molar-refractivity contribution in [2.75, 3.05) is 18.0 Å². The molecule has 112 valence electrons. The highest BCUT2D eigenvalue weighted by atomic mass is 15.3. The maximum absolute atomic E-state index is 4.34. The summed E-state index contributed by atoms with van der Waals surface area (Å²) in [5.41, 5.74) is 0.972. The van der Waals surface area contributed by atoms with Crippen LogP contribution in [0.4, 0.5) is 5.82 Å². The molecule has 0 saturated heterocycles. The van der Waals surface area contributed by atoms with E-state index in [0.29, 0.717) is 5.92 Å². The lowest BCUT2D eigenvalue weighted by Gasteiger charge is -2.27. The highest BCUT2D eigenvalue weighted by Crippen LogP contribution is 2.16. The monoisotopic (exact) mass is 287 g/mol. The largest absolute Gasteiger partial charge is 0.346 e. The van der Waals surface area contributed by atoms with E-state index >= 15 is 0 Å². The van der Waals surface area contributed by atoms with E-state index in [1.807, 2.05) is 12.1 Å². The van der Waals surface area contributed by atoms with E-state index in [1.54, 1.807) is 6.33 Å². The fraction of sp³-hybridized carbons (Fsp3) is 0.571. The summed E-state index contributed by atoms with van der Waals surface area (Å²) in [4.78, 5) is 2.18. The van der Waals surface area contributed by atoms with Gasteiger partial charge < -0.3 is 14.8 Å². The van der Waals surface area contributed by atoms with Crippen LogP contribution in [-0.4, -0.2) is 38.1 Å². The van der Waals surface area contributed by atoms with Crippen LogP contribution in [-0.2, 0) is 19.6 Å². The van der Waals surface area contributed by atoms with E-state index in [-0.39, 0.29) is 0 Å². The molecule has 0 aliphatic carbocycles. The maximum Gasteiger partial charge on any atom is 0.152 e. The van der Waals surface area contributed by atoms with Crippen molar-refractivity contribution in [1.29, 1.82) is 0 Å².